The molecule has 8 nitrogen and oxygen atoms in total. The number of nitrogens with zero attached hydrogens (tertiary/aromatic N) is 1. The maximum atomic E-state index is 13.5. The third-order valence-corrected chi connectivity index (χ3v) is 8.13. The van der Waals surface area contributed by atoms with E-state index in [1.165, 1.54) is 0 Å². The maximum Gasteiger partial charge on any atom is 0.430 e. The number of carbonyl (C=O) groups is 2. The molecule has 2 aliphatic heterocycles. The van der Waals surface area contributed by atoms with Gasteiger partial charge in [-0.25, -0.2) is 4.79 Å². The monoisotopic (exact) mass is 634 g/mol. The van der Waals surface area contributed by atoms with Crippen LogP contribution in [0.4, 0.5) is 31.1 Å². The van der Waals surface area contributed by atoms with Crippen LogP contribution in [-0.2, 0) is 26.3 Å². The second-order valence-electron chi connectivity index (χ2n) is 11.5. The van der Waals surface area contributed by atoms with E-state index in [0.717, 1.165) is 11.0 Å². The number of aliphatic hydroxyl groups is 1. The van der Waals surface area contributed by atoms with Gasteiger partial charge in [0.2, 0.25) is 0 Å². The minimum atomic E-state index is -6.00. The van der Waals surface area contributed by atoms with Crippen LogP contribution in [0.3, 0.4) is 0 Å². The predicted molar refractivity (Wildman–Crippen MR) is 145 cm³/mol. The lowest BCUT2D eigenvalue weighted by atomic mass is 9.77. The van der Waals surface area contributed by atoms with Crippen LogP contribution in [0.1, 0.15) is 57.6 Å². The molecule has 0 saturated carbocycles. The van der Waals surface area contributed by atoms with Crippen LogP contribution < -0.4 is 10.1 Å². The number of hydrogen-bond acceptors (Lipinski definition) is 6. The molecular formula is C30H36F6N2O6. The third-order valence-electron chi connectivity index (χ3n) is 8.13. The molecule has 0 aromatic heterocycles. The Kier molecular flexibility index (Phi) is 9.53. The highest BCUT2D eigenvalue weighted by Crippen LogP contribution is 2.50. The molecule has 2 unspecified atom stereocenters. The van der Waals surface area contributed by atoms with Crippen molar-refractivity contribution in [2.24, 2.45) is 11.8 Å². The standard InChI is InChI=1S/C30H36F6N2O6/c1-4-27(20-7-10-23-24(17-20)44-14-13-43-23)25(39)38(26(40)37-27)11-5-6-12-42-22-9-8-21(16-19(22)15-18(2)3)28(41,29(31,32)33)30(34,35)36/h7-10,16,18,20,41H,4-6,11-15,17H2,1-3H3,(H,37,40). The van der Waals surface area contributed by atoms with Crippen molar-refractivity contribution >= 4 is 11.9 Å². The first-order valence-electron chi connectivity index (χ1n) is 14.5. The van der Waals surface area contributed by atoms with E-state index in [1.54, 1.807) is 19.9 Å². The van der Waals surface area contributed by atoms with Crippen molar-refractivity contribution in [2.75, 3.05) is 26.4 Å². The molecule has 0 radical (unpaired) electrons. The van der Waals surface area contributed by atoms with E-state index < -0.39 is 35.1 Å². The van der Waals surface area contributed by atoms with E-state index >= 15 is 0 Å². The number of allylic oxidation sites excluding steroid dienone is 2. The highest BCUT2D eigenvalue weighted by atomic mass is 19.4. The average Bonchev–Trinajstić information content (AvgIpc) is 3.20. The van der Waals surface area contributed by atoms with Gasteiger partial charge in [0.1, 0.15) is 30.3 Å². The minimum Gasteiger partial charge on any atom is -0.493 e. The molecule has 1 aliphatic carbocycles. The number of rotatable bonds is 11. The van der Waals surface area contributed by atoms with E-state index in [0.29, 0.717) is 62.5 Å². The number of unbranched alkanes of at least 4 members (excludes halogenated alkanes) is 1. The molecule has 3 amide bonds. The van der Waals surface area contributed by atoms with Gasteiger partial charge >= 0.3 is 18.4 Å². The summed E-state index contributed by atoms with van der Waals surface area (Å²) in [4.78, 5) is 27.5. The largest absolute Gasteiger partial charge is 0.493 e. The molecule has 14 heteroatoms. The predicted octanol–water partition coefficient (Wildman–Crippen LogP) is 5.89. The van der Waals surface area contributed by atoms with Crippen molar-refractivity contribution < 1.29 is 55.2 Å². The summed E-state index contributed by atoms with van der Waals surface area (Å²) in [6.45, 7) is 6.23. The number of amides is 3. The molecule has 2 heterocycles. The molecule has 3 aliphatic rings. The summed E-state index contributed by atoms with van der Waals surface area (Å²) in [6, 6.07) is 1.70. The Morgan fingerprint density at radius 3 is 2.41 bits per heavy atom. The lowest BCUT2D eigenvalue weighted by Gasteiger charge is -2.36. The van der Waals surface area contributed by atoms with Gasteiger partial charge in [-0.3, -0.25) is 9.69 Å². The summed E-state index contributed by atoms with van der Waals surface area (Å²) in [7, 11) is 0. The molecule has 244 valence electrons. The van der Waals surface area contributed by atoms with Crippen LogP contribution in [0.15, 0.2) is 41.9 Å². The van der Waals surface area contributed by atoms with Crippen molar-refractivity contribution in [3.8, 4) is 5.75 Å². The SMILES string of the molecule is CCC1(C2C=CC3=C(C2)OCCO3)NC(=O)N(CCCCOc2ccc(C(O)(C(F)(F)F)C(F)(F)F)cc2CC(C)C)C1=O. The fraction of sp³-hybridized carbons (Fsp3) is 0.600. The Labute approximate surface area is 251 Å². The average molecular weight is 635 g/mol. The van der Waals surface area contributed by atoms with E-state index in [-0.39, 0.29) is 48.6 Å². The Morgan fingerprint density at radius 2 is 1.77 bits per heavy atom. The number of halogens is 6. The molecule has 1 saturated heterocycles. The van der Waals surface area contributed by atoms with Gasteiger partial charge in [-0.2, -0.15) is 26.3 Å². The summed E-state index contributed by atoms with van der Waals surface area (Å²) in [5, 5.41) is 12.7. The van der Waals surface area contributed by atoms with Gasteiger partial charge in [-0.15, -0.1) is 0 Å². The normalized spacial score (nSPS) is 22.6. The minimum absolute atomic E-state index is 0.0233. The fourth-order valence-corrected chi connectivity index (χ4v) is 5.77. The van der Waals surface area contributed by atoms with Gasteiger partial charge in [0, 0.05) is 24.4 Å². The van der Waals surface area contributed by atoms with Crippen LogP contribution in [-0.4, -0.2) is 66.2 Å². The Bertz CT molecular complexity index is 1290. The molecule has 1 fully saturated rings. The van der Waals surface area contributed by atoms with E-state index in [2.05, 4.69) is 5.32 Å². The fourth-order valence-electron chi connectivity index (χ4n) is 5.77. The smallest absolute Gasteiger partial charge is 0.430 e. The van der Waals surface area contributed by atoms with Crippen LogP contribution in [0, 0.1) is 11.8 Å². The van der Waals surface area contributed by atoms with Crippen molar-refractivity contribution in [1.82, 2.24) is 10.2 Å². The van der Waals surface area contributed by atoms with E-state index in [4.69, 9.17) is 14.2 Å². The second kappa shape index (κ2) is 12.5. The van der Waals surface area contributed by atoms with Crippen molar-refractivity contribution in [2.45, 2.75) is 76.4 Å². The van der Waals surface area contributed by atoms with Gasteiger partial charge in [0.25, 0.3) is 11.5 Å². The maximum absolute atomic E-state index is 13.5. The second-order valence-corrected chi connectivity index (χ2v) is 11.5. The van der Waals surface area contributed by atoms with E-state index in [9.17, 15) is 41.0 Å². The zero-order valence-electron chi connectivity index (χ0n) is 24.6. The summed E-state index contributed by atoms with van der Waals surface area (Å²) < 4.78 is 97.5. The topological polar surface area (TPSA) is 97.3 Å². The lowest BCUT2D eigenvalue weighted by molar-refractivity contribution is -0.376. The van der Waals surface area contributed by atoms with Crippen molar-refractivity contribution in [1.29, 1.82) is 0 Å². The summed E-state index contributed by atoms with van der Waals surface area (Å²) in [5.74, 6) is 0.497. The highest BCUT2D eigenvalue weighted by molar-refractivity contribution is 6.07. The zero-order valence-corrected chi connectivity index (χ0v) is 24.6. The molecule has 44 heavy (non-hydrogen) atoms. The van der Waals surface area contributed by atoms with Gasteiger partial charge in [0.15, 0.2) is 5.76 Å². The van der Waals surface area contributed by atoms with E-state index in [1.807, 2.05) is 13.0 Å². The third kappa shape index (κ3) is 6.22. The molecule has 2 atom stereocenters. The first-order chi connectivity index (χ1) is 20.5. The Morgan fingerprint density at radius 1 is 1.09 bits per heavy atom. The van der Waals surface area contributed by atoms with Gasteiger partial charge in [0.05, 0.1) is 6.61 Å². The first-order valence-corrected chi connectivity index (χ1v) is 14.5. The zero-order chi connectivity index (χ0) is 32.5. The molecule has 1 aromatic rings. The summed E-state index contributed by atoms with van der Waals surface area (Å²) in [5.41, 5.74) is -7.45. The summed E-state index contributed by atoms with van der Waals surface area (Å²) >= 11 is 0. The Balaban J connectivity index is 1.39. The first kappa shape index (κ1) is 33.5. The lowest BCUT2D eigenvalue weighted by Crippen LogP contribution is -2.53. The number of ether oxygens (including phenoxy) is 3. The number of nitrogens with one attached hydrogen (secondary N) is 1. The molecule has 0 spiro atoms. The molecular weight excluding hydrogens is 598 g/mol. The molecule has 4 rings (SSSR count). The number of urea groups is 1. The van der Waals surface area contributed by atoms with Crippen LogP contribution in [0.5, 0.6) is 5.75 Å². The molecule has 0 bridgehead atoms. The number of imide groups is 1. The summed E-state index contributed by atoms with van der Waals surface area (Å²) in [6.07, 6.45) is -6.88. The van der Waals surface area contributed by atoms with Gasteiger partial charge in [-0.05, 0) is 55.4 Å². The molecule has 2 N–H and O–H groups in total. The Hall–Kier alpha value is -3.42. The number of benzene rings is 1. The van der Waals surface area contributed by atoms with Crippen molar-refractivity contribution in [3.63, 3.8) is 0 Å². The van der Waals surface area contributed by atoms with Crippen LogP contribution >= 0.6 is 0 Å². The van der Waals surface area contributed by atoms with Crippen LogP contribution in [0.2, 0.25) is 0 Å². The molecule has 1 aromatic carbocycles. The van der Waals surface area contributed by atoms with Crippen LogP contribution in [0.25, 0.3) is 0 Å². The number of hydrogen-bond donors (Lipinski definition) is 2. The highest BCUT2D eigenvalue weighted by Gasteiger charge is 2.71. The van der Waals surface area contributed by atoms with Gasteiger partial charge in [-0.1, -0.05) is 32.9 Å². The van der Waals surface area contributed by atoms with Crippen molar-refractivity contribution in [3.05, 3.63) is 53.0 Å². The number of carbonyl (C=O) groups excluding carboxylic acids is 2. The van der Waals surface area contributed by atoms with Gasteiger partial charge < -0.3 is 24.6 Å². The quantitative estimate of drug-likeness (QED) is 0.179. The number of alkyl halides is 6.